The minimum Gasteiger partial charge on any atom is -0.311 e. The molecule has 1 aliphatic rings. The molecule has 100 valence electrons. The predicted octanol–water partition coefficient (Wildman–Crippen LogP) is 2.45. The lowest BCUT2D eigenvalue weighted by Crippen LogP contribution is -2.49. The third-order valence-corrected chi connectivity index (χ3v) is 4.17. The van der Waals surface area contributed by atoms with Gasteiger partial charge in [0.2, 0.25) is 0 Å². The molecule has 1 saturated heterocycles. The van der Waals surface area contributed by atoms with Crippen LogP contribution >= 0.6 is 0 Å². The van der Waals surface area contributed by atoms with Gasteiger partial charge < -0.3 is 10.2 Å². The highest BCUT2D eigenvalue weighted by molar-refractivity contribution is 5.36. The molecule has 1 heterocycles. The van der Waals surface area contributed by atoms with Crippen LogP contribution in [0, 0.1) is 20.8 Å². The van der Waals surface area contributed by atoms with Crippen molar-refractivity contribution in [2.75, 3.05) is 26.7 Å². The van der Waals surface area contributed by atoms with Crippen molar-refractivity contribution in [1.82, 2.24) is 10.2 Å². The van der Waals surface area contributed by atoms with E-state index in [-0.39, 0.29) is 0 Å². The lowest BCUT2D eigenvalue weighted by Gasteiger charge is -2.31. The summed E-state index contributed by atoms with van der Waals surface area (Å²) in [6, 6.07) is 5.35. The Balaban J connectivity index is 1.95. The number of benzene rings is 1. The summed E-state index contributed by atoms with van der Waals surface area (Å²) in [5.74, 6) is 0. The standard InChI is InChI=1S/C16H26N2/c1-12-9-14(3)15(10-13(12)2)5-6-16-11-18(4)8-7-17-16/h9-10,16-17H,5-8,11H2,1-4H3. The number of piperazine rings is 1. The molecule has 0 aromatic heterocycles. The fourth-order valence-corrected chi connectivity index (χ4v) is 2.80. The summed E-state index contributed by atoms with van der Waals surface area (Å²) in [6.45, 7) is 10.1. The molecule has 1 aliphatic heterocycles. The number of aryl methyl sites for hydroxylation is 4. The molecule has 0 amide bonds. The minimum absolute atomic E-state index is 0.657. The molecular formula is C16H26N2. The Labute approximate surface area is 111 Å². The van der Waals surface area contributed by atoms with E-state index < -0.39 is 0 Å². The second-order valence-corrected chi connectivity index (χ2v) is 5.81. The Morgan fingerprint density at radius 2 is 1.89 bits per heavy atom. The molecule has 0 bridgehead atoms. The molecule has 0 aliphatic carbocycles. The molecule has 1 aromatic rings. The van der Waals surface area contributed by atoms with Crippen LogP contribution in [0.25, 0.3) is 0 Å². The van der Waals surface area contributed by atoms with Crippen molar-refractivity contribution in [2.45, 2.75) is 39.7 Å². The van der Waals surface area contributed by atoms with Gasteiger partial charge in [-0.2, -0.15) is 0 Å². The molecule has 2 rings (SSSR count). The molecule has 0 spiro atoms. The number of hydrogen-bond donors (Lipinski definition) is 1. The Morgan fingerprint density at radius 3 is 2.61 bits per heavy atom. The van der Waals surface area contributed by atoms with E-state index in [2.05, 4.69) is 50.2 Å². The average molecular weight is 246 g/mol. The van der Waals surface area contributed by atoms with Crippen LogP contribution in [0.3, 0.4) is 0 Å². The molecule has 1 unspecified atom stereocenters. The average Bonchev–Trinajstić information content (AvgIpc) is 2.32. The van der Waals surface area contributed by atoms with E-state index in [1.54, 1.807) is 0 Å². The van der Waals surface area contributed by atoms with E-state index >= 15 is 0 Å². The van der Waals surface area contributed by atoms with Crippen molar-refractivity contribution < 1.29 is 0 Å². The molecule has 2 heteroatoms. The van der Waals surface area contributed by atoms with Gasteiger partial charge in [0, 0.05) is 25.7 Å². The predicted molar refractivity (Wildman–Crippen MR) is 78.3 cm³/mol. The van der Waals surface area contributed by atoms with Crippen LogP contribution in [0.5, 0.6) is 0 Å². The van der Waals surface area contributed by atoms with Crippen LogP contribution in [0.4, 0.5) is 0 Å². The first-order valence-corrected chi connectivity index (χ1v) is 7.05. The maximum Gasteiger partial charge on any atom is 0.0198 e. The van der Waals surface area contributed by atoms with E-state index in [4.69, 9.17) is 0 Å². The summed E-state index contributed by atoms with van der Waals surface area (Å²) in [6.07, 6.45) is 2.44. The van der Waals surface area contributed by atoms with Crippen LogP contribution in [0.15, 0.2) is 12.1 Å². The minimum atomic E-state index is 0.657. The first-order valence-electron chi connectivity index (χ1n) is 7.05. The smallest absolute Gasteiger partial charge is 0.0198 e. The Bertz CT molecular complexity index is 412. The second kappa shape index (κ2) is 5.85. The molecule has 1 atom stereocenters. The summed E-state index contributed by atoms with van der Waals surface area (Å²) < 4.78 is 0. The van der Waals surface area contributed by atoms with Crippen molar-refractivity contribution in [2.24, 2.45) is 0 Å². The topological polar surface area (TPSA) is 15.3 Å². The molecule has 0 radical (unpaired) electrons. The lowest BCUT2D eigenvalue weighted by molar-refractivity contribution is 0.232. The van der Waals surface area contributed by atoms with Gasteiger partial charge >= 0.3 is 0 Å². The van der Waals surface area contributed by atoms with Gasteiger partial charge in [-0.3, -0.25) is 0 Å². The van der Waals surface area contributed by atoms with Crippen LogP contribution in [0.1, 0.15) is 28.7 Å². The molecule has 18 heavy (non-hydrogen) atoms. The Hall–Kier alpha value is -0.860. The quantitative estimate of drug-likeness (QED) is 0.881. The molecule has 2 nitrogen and oxygen atoms in total. The van der Waals surface area contributed by atoms with Crippen molar-refractivity contribution in [3.8, 4) is 0 Å². The highest BCUT2D eigenvalue weighted by Crippen LogP contribution is 2.17. The number of hydrogen-bond acceptors (Lipinski definition) is 2. The lowest BCUT2D eigenvalue weighted by atomic mass is 9.96. The molecule has 0 saturated carbocycles. The zero-order chi connectivity index (χ0) is 13.1. The van der Waals surface area contributed by atoms with Crippen molar-refractivity contribution in [3.63, 3.8) is 0 Å². The van der Waals surface area contributed by atoms with Crippen molar-refractivity contribution in [1.29, 1.82) is 0 Å². The first-order chi connectivity index (χ1) is 8.56. The van der Waals surface area contributed by atoms with Crippen LogP contribution < -0.4 is 5.32 Å². The highest BCUT2D eigenvalue weighted by atomic mass is 15.2. The van der Waals surface area contributed by atoms with Crippen molar-refractivity contribution in [3.05, 3.63) is 34.4 Å². The third kappa shape index (κ3) is 3.33. The zero-order valence-electron chi connectivity index (χ0n) is 12.2. The second-order valence-electron chi connectivity index (χ2n) is 5.81. The maximum absolute atomic E-state index is 3.62. The zero-order valence-corrected chi connectivity index (χ0v) is 12.2. The summed E-state index contributed by atoms with van der Waals surface area (Å²) in [5, 5.41) is 3.62. The van der Waals surface area contributed by atoms with Gasteiger partial charge in [-0.15, -0.1) is 0 Å². The van der Waals surface area contributed by atoms with Gasteiger partial charge in [-0.25, -0.2) is 0 Å². The van der Waals surface area contributed by atoms with Gasteiger partial charge in [0.05, 0.1) is 0 Å². The number of likely N-dealkylation sites (N-methyl/N-ethyl adjacent to an activating group) is 1. The molecular weight excluding hydrogens is 220 g/mol. The van der Waals surface area contributed by atoms with E-state index in [0.29, 0.717) is 6.04 Å². The summed E-state index contributed by atoms with van der Waals surface area (Å²) in [4.78, 5) is 2.43. The number of rotatable bonds is 3. The van der Waals surface area contributed by atoms with E-state index in [1.807, 2.05) is 0 Å². The number of nitrogens with zero attached hydrogens (tertiary/aromatic N) is 1. The van der Waals surface area contributed by atoms with Gasteiger partial charge in [0.25, 0.3) is 0 Å². The van der Waals surface area contributed by atoms with Gasteiger partial charge in [-0.05, 0) is 62.9 Å². The largest absolute Gasteiger partial charge is 0.311 e. The monoisotopic (exact) mass is 246 g/mol. The third-order valence-electron chi connectivity index (χ3n) is 4.17. The Morgan fingerprint density at radius 1 is 1.17 bits per heavy atom. The van der Waals surface area contributed by atoms with Crippen molar-refractivity contribution >= 4 is 0 Å². The van der Waals surface area contributed by atoms with Crippen LogP contribution in [0.2, 0.25) is 0 Å². The summed E-state index contributed by atoms with van der Waals surface area (Å²) in [5.41, 5.74) is 5.80. The number of nitrogens with one attached hydrogen (secondary N) is 1. The highest BCUT2D eigenvalue weighted by Gasteiger charge is 2.16. The summed E-state index contributed by atoms with van der Waals surface area (Å²) in [7, 11) is 2.22. The fourth-order valence-electron chi connectivity index (χ4n) is 2.80. The normalized spacial score (nSPS) is 21.2. The van der Waals surface area contributed by atoms with Crippen LogP contribution in [-0.2, 0) is 6.42 Å². The van der Waals surface area contributed by atoms with Gasteiger partial charge in [-0.1, -0.05) is 12.1 Å². The molecule has 1 aromatic carbocycles. The van der Waals surface area contributed by atoms with Gasteiger partial charge in [0.15, 0.2) is 0 Å². The van der Waals surface area contributed by atoms with Crippen LogP contribution in [-0.4, -0.2) is 37.6 Å². The van der Waals surface area contributed by atoms with E-state index in [1.165, 1.54) is 48.2 Å². The fraction of sp³-hybridized carbons (Fsp3) is 0.625. The van der Waals surface area contributed by atoms with E-state index in [9.17, 15) is 0 Å². The Kier molecular flexibility index (Phi) is 4.41. The maximum atomic E-state index is 3.62. The van der Waals surface area contributed by atoms with E-state index in [0.717, 1.165) is 6.54 Å². The van der Waals surface area contributed by atoms with Gasteiger partial charge in [0.1, 0.15) is 0 Å². The SMILES string of the molecule is Cc1cc(C)c(CCC2CN(C)CCN2)cc1C. The molecule has 1 N–H and O–H groups in total. The first kappa shape index (κ1) is 13.6. The summed E-state index contributed by atoms with van der Waals surface area (Å²) >= 11 is 0. The molecule has 1 fully saturated rings.